The lowest BCUT2D eigenvalue weighted by molar-refractivity contribution is 0.194. The van der Waals surface area contributed by atoms with Crippen molar-refractivity contribution in [2.45, 2.75) is 20.0 Å². The Morgan fingerprint density at radius 2 is 1.75 bits per heavy atom. The predicted octanol–water partition coefficient (Wildman–Crippen LogP) is 4.26. The molecule has 1 atom stereocenters. The van der Waals surface area contributed by atoms with E-state index in [9.17, 15) is 18.3 Å². The van der Waals surface area contributed by atoms with Gasteiger partial charge in [0.15, 0.2) is 11.6 Å². The number of ether oxygens (including phenoxy) is 1. The highest BCUT2D eigenvalue weighted by Gasteiger charge is 2.16. The average Bonchev–Trinajstić information content (AvgIpc) is 2.38. The van der Waals surface area contributed by atoms with Crippen LogP contribution in [-0.2, 0) is 0 Å². The second kappa shape index (κ2) is 5.54. The molecule has 106 valence electrons. The molecule has 5 heteroatoms. The monoisotopic (exact) mass is 282 g/mol. The highest BCUT2D eigenvalue weighted by atomic mass is 19.2. The van der Waals surface area contributed by atoms with E-state index in [0.29, 0.717) is 0 Å². The van der Waals surface area contributed by atoms with Crippen LogP contribution >= 0.6 is 0 Å². The van der Waals surface area contributed by atoms with E-state index in [1.165, 1.54) is 32.0 Å². The molecule has 0 spiro atoms. The van der Waals surface area contributed by atoms with E-state index in [2.05, 4.69) is 0 Å². The number of aryl methyl sites for hydroxylation is 1. The van der Waals surface area contributed by atoms with Gasteiger partial charge in [0.2, 0.25) is 5.82 Å². The first-order chi connectivity index (χ1) is 9.40. The largest absolute Gasteiger partial charge is 0.454 e. The molecule has 0 aromatic heterocycles. The molecule has 0 fully saturated rings. The van der Waals surface area contributed by atoms with Gasteiger partial charge in [-0.1, -0.05) is 6.07 Å². The van der Waals surface area contributed by atoms with Gasteiger partial charge < -0.3 is 9.84 Å². The minimum atomic E-state index is -1.13. The fourth-order valence-electron chi connectivity index (χ4n) is 1.77. The Hall–Kier alpha value is -2.01. The van der Waals surface area contributed by atoms with E-state index in [4.69, 9.17) is 4.74 Å². The van der Waals surface area contributed by atoms with Crippen LogP contribution in [0.4, 0.5) is 13.2 Å². The summed E-state index contributed by atoms with van der Waals surface area (Å²) in [5, 5.41) is 9.61. The molecule has 2 rings (SSSR count). The van der Waals surface area contributed by atoms with Crippen LogP contribution in [0, 0.1) is 24.4 Å². The van der Waals surface area contributed by atoms with E-state index >= 15 is 0 Å². The van der Waals surface area contributed by atoms with Crippen molar-refractivity contribution in [1.29, 1.82) is 0 Å². The van der Waals surface area contributed by atoms with Gasteiger partial charge in [0.25, 0.3) is 0 Å². The van der Waals surface area contributed by atoms with Gasteiger partial charge in [0.1, 0.15) is 11.6 Å². The molecule has 0 saturated carbocycles. The molecule has 1 unspecified atom stereocenters. The topological polar surface area (TPSA) is 29.5 Å². The molecule has 0 heterocycles. The highest BCUT2D eigenvalue weighted by molar-refractivity contribution is 5.42. The molecule has 20 heavy (non-hydrogen) atoms. The van der Waals surface area contributed by atoms with Crippen LogP contribution in [0.3, 0.4) is 0 Å². The van der Waals surface area contributed by atoms with Crippen molar-refractivity contribution < 1.29 is 23.0 Å². The number of halogens is 3. The zero-order valence-corrected chi connectivity index (χ0v) is 11.0. The minimum Gasteiger partial charge on any atom is -0.454 e. The predicted molar refractivity (Wildman–Crippen MR) is 68.2 cm³/mol. The SMILES string of the molecule is Cc1cc(Oc2cccc(F)c2F)c(C(C)O)cc1F. The first-order valence-electron chi connectivity index (χ1n) is 6.00. The summed E-state index contributed by atoms with van der Waals surface area (Å²) in [7, 11) is 0. The van der Waals surface area contributed by atoms with Gasteiger partial charge in [-0.15, -0.1) is 0 Å². The Bertz CT molecular complexity index is 639. The summed E-state index contributed by atoms with van der Waals surface area (Å²) >= 11 is 0. The van der Waals surface area contributed by atoms with Crippen LogP contribution in [0.2, 0.25) is 0 Å². The zero-order chi connectivity index (χ0) is 14.9. The summed E-state index contributed by atoms with van der Waals surface area (Å²) in [6.45, 7) is 2.94. The summed E-state index contributed by atoms with van der Waals surface area (Å²) in [5.74, 6) is -2.92. The number of rotatable bonds is 3. The molecule has 0 aliphatic heterocycles. The lowest BCUT2D eigenvalue weighted by Crippen LogP contribution is -2.00. The lowest BCUT2D eigenvalue weighted by Gasteiger charge is -2.15. The third kappa shape index (κ3) is 2.77. The fourth-order valence-corrected chi connectivity index (χ4v) is 1.77. The first kappa shape index (κ1) is 14.4. The van der Waals surface area contributed by atoms with Gasteiger partial charge in [-0.05, 0) is 43.7 Å². The molecule has 0 aliphatic rings. The molecule has 0 radical (unpaired) electrons. The normalized spacial score (nSPS) is 12.3. The zero-order valence-electron chi connectivity index (χ0n) is 11.0. The number of aliphatic hydroxyl groups excluding tert-OH is 1. The number of hydrogen-bond donors (Lipinski definition) is 1. The Morgan fingerprint density at radius 3 is 2.40 bits per heavy atom. The fraction of sp³-hybridized carbons (Fsp3) is 0.200. The molecular formula is C15H13F3O2. The standard InChI is InChI=1S/C15H13F3O2/c1-8-6-14(10(9(2)19)7-12(8)17)20-13-5-3-4-11(16)15(13)18/h3-7,9,19H,1-2H3. The van der Waals surface area contributed by atoms with E-state index < -0.39 is 23.6 Å². The smallest absolute Gasteiger partial charge is 0.201 e. The van der Waals surface area contributed by atoms with Gasteiger partial charge in [0.05, 0.1) is 6.10 Å². The average molecular weight is 282 g/mol. The summed E-state index contributed by atoms with van der Waals surface area (Å²) in [6, 6.07) is 5.97. The summed E-state index contributed by atoms with van der Waals surface area (Å²) in [5.41, 5.74) is 0.443. The summed E-state index contributed by atoms with van der Waals surface area (Å²) in [6.07, 6.45) is -1.00. The van der Waals surface area contributed by atoms with E-state index in [1.807, 2.05) is 0 Å². The van der Waals surface area contributed by atoms with E-state index in [0.717, 1.165) is 12.1 Å². The van der Waals surface area contributed by atoms with E-state index in [-0.39, 0.29) is 22.6 Å². The molecule has 2 nitrogen and oxygen atoms in total. The molecular weight excluding hydrogens is 269 g/mol. The molecule has 0 amide bonds. The van der Waals surface area contributed by atoms with Crippen molar-refractivity contribution >= 4 is 0 Å². The maximum absolute atomic E-state index is 13.6. The van der Waals surface area contributed by atoms with E-state index in [1.54, 1.807) is 0 Å². The summed E-state index contributed by atoms with van der Waals surface area (Å²) in [4.78, 5) is 0. The second-order valence-electron chi connectivity index (χ2n) is 4.47. The van der Waals surface area contributed by atoms with Crippen molar-refractivity contribution in [3.8, 4) is 11.5 Å². The lowest BCUT2D eigenvalue weighted by atomic mass is 10.1. The van der Waals surface area contributed by atoms with Crippen LogP contribution in [0.15, 0.2) is 30.3 Å². The van der Waals surface area contributed by atoms with Gasteiger partial charge in [-0.2, -0.15) is 4.39 Å². The third-order valence-electron chi connectivity index (χ3n) is 2.88. The Labute approximate surface area is 114 Å². The van der Waals surface area contributed by atoms with Gasteiger partial charge in [-0.25, -0.2) is 8.78 Å². The summed E-state index contributed by atoms with van der Waals surface area (Å²) < 4.78 is 45.5. The number of hydrogen-bond acceptors (Lipinski definition) is 2. The Balaban J connectivity index is 2.47. The molecule has 2 aromatic carbocycles. The number of aliphatic hydroxyl groups is 1. The molecule has 0 bridgehead atoms. The van der Waals surface area contributed by atoms with Crippen LogP contribution in [-0.4, -0.2) is 5.11 Å². The van der Waals surface area contributed by atoms with Crippen molar-refractivity contribution in [1.82, 2.24) is 0 Å². The van der Waals surface area contributed by atoms with Gasteiger partial charge in [0, 0.05) is 5.56 Å². The second-order valence-corrected chi connectivity index (χ2v) is 4.47. The number of benzene rings is 2. The third-order valence-corrected chi connectivity index (χ3v) is 2.88. The molecule has 0 saturated heterocycles. The Morgan fingerprint density at radius 1 is 1.05 bits per heavy atom. The highest BCUT2D eigenvalue weighted by Crippen LogP contribution is 2.33. The first-order valence-corrected chi connectivity index (χ1v) is 6.00. The molecule has 2 aromatic rings. The quantitative estimate of drug-likeness (QED) is 0.911. The van der Waals surface area contributed by atoms with Crippen molar-refractivity contribution in [3.63, 3.8) is 0 Å². The molecule has 0 aliphatic carbocycles. The maximum Gasteiger partial charge on any atom is 0.201 e. The van der Waals surface area contributed by atoms with Crippen LogP contribution in [0.5, 0.6) is 11.5 Å². The maximum atomic E-state index is 13.6. The van der Waals surface area contributed by atoms with Crippen molar-refractivity contribution in [2.75, 3.05) is 0 Å². The Kier molecular flexibility index (Phi) is 3.99. The van der Waals surface area contributed by atoms with Crippen molar-refractivity contribution in [3.05, 3.63) is 58.9 Å². The van der Waals surface area contributed by atoms with Crippen LogP contribution < -0.4 is 4.74 Å². The van der Waals surface area contributed by atoms with Crippen LogP contribution in [0.1, 0.15) is 24.2 Å². The van der Waals surface area contributed by atoms with Gasteiger partial charge in [-0.3, -0.25) is 0 Å². The minimum absolute atomic E-state index is 0.0865. The molecule has 1 N–H and O–H groups in total. The van der Waals surface area contributed by atoms with Gasteiger partial charge >= 0.3 is 0 Å². The van der Waals surface area contributed by atoms with Crippen LogP contribution in [0.25, 0.3) is 0 Å². The van der Waals surface area contributed by atoms with Crippen molar-refractivity contribution in [2.24, 2.45) is 0 Å².